The molecule has 1 N–H and O–H groups in total. The van der Waals surface area contributed by atoms with Crippen LogP contribution in [0.4, 0.5) is 5.13 Å². The monoisotopic (exact) mass is 413 g/mol. The summed E-state index contributed by atoms with van der Waals surface area (Å²) in [6, 6.07) is 9.60. The third-order valence-corrected chi connectivity index (χ3v) is 5.84. The minimum absolute atomic E-state index is 0.0324. The number of nitrogens with one attached hydrogen (secondary N) is 1. The van der Waals surface area contributed by atoms with Crippen LogP contribution in [0.2, 0.25) is 0 Å². The maximum Gasteiger partial charge on any atom is 0.250 e. The van der Waals surface area contributed by atoms with Crippen LogP contribution in [0.25, 0.3) is 6.08 Å². The Morgan fingerprint density at radius 2 is 1.90 bits per heavy atom. The zero-order chi connectivity index (χ0) is 20.1. The summed E-state index contributed by atoms with van der Waals surface area (Å²) in [4.78, 5) is 30.8. The molecule has 0 atom stereocenters. The van der Waals surface area contributed by atoms with E-state index in [1.165, 1.54) is 17.4 Å². The van der Waals surface area contributed by atoms with Crippen LogP contribution in [0.1, 0.15) is 24.1 Å². The van der Waals surface area contributed by atoms with Crippen LogP contribution in [0.5, 0.6) is 0 Å². The standard InChI is InChI=1S/C21H23N3O4S/c25-18(7-6-16-4-2-1-3-5-16)23-20-22-17(15-29-20)14-19(26)24-10-8-21(9-11-24)27-12-13-28-21/h1-7,15H,8-14H2,(H,22,23,25). The lowest BCUT2D eigenvalue weighted by Gasteiger charge is -2.37. The van der Waals surface area contributed by atoms with Gasteiger partial charge in [0.05, 0.1) is 25.3 Å². The third-order valence-electron chi connectivity index (χ3n) is 5.03. The van der Waals surface area contributed by atoms with Gasteiger partial charge in [-0.2, -0.15) is 0 Å². The van der Waals surface area contributed by atoms with E-state index in [0.717, 1.165) is 5.56 Å². The summed E-state index contributed by atoms with van der Waals surface area (Å²) >= 11 is 1.32. The highest BCUT2D eigenvalue weighted by Crippen LogP contribution is 2.31. The fraction of sp³-hybridized carbons (Fsp3) is 0.381. The van der Waals surface area contributed by atoms with Gasteiger partial charge in [0.25, 0.3) is 0 Å². The number of likely N-dealkylation sites (tertiary alicyclic amines) is 1. The second kappa shape index (κ2) is 8.86. The number of amides is 2. The lowest BCUT2D eigenvalue weighted by molar-refractivity contribution is -0.187. The van der Waals surface area contributed by atoms with Crippen molar-refractivity contribution in [3.05, 3.63) is 53.0 Å². The van der Waals surface area contributed by atoms with Gasteiger partial charge in [-0.05, 0) is 11.6 Å². The fourth-order valence-corrected chi connectivity index (χ4v) is 4.19. The van der Waals surface area contributed by atoms with Crippen molar-refractivity contribution in [1.29, 1.82) is 0 Å². The minimum Gasteiger partial charge on any atom is -0.347 e. The second-order valence-electron chi connectivity index (χ2n) is 7.04. The number of anilines is 1. The van der Waals surface area contributed by atoms with E-state index < -0.39 is 5.79 Å². The summed E-state index contributed by atoms with van der Waals surface area (Å²) in [5.41, 5.74) is 1.61. The normalized spacial score (nSPS) is 18.4. The molecule has 0 radical (unpaired) electrons. The number of carbonyl (C=O) groups excluding carboxylic acids is 2. The molecule has 0 saturated carbocycles. The molecule has 3 heterocycles. The Bertz CT molecular complexity index is 880. The Balaban J connectivity index is 1.26. The van der Waals surface area contributed by atoms with Crippen molar-refractivity contribution in [1.82, 2.24) is 9.88 Å². The second-order valence-corrected chi connectivity index (χ2v) is 7.90. The van der Waals surface area contributed by atoms with Gasteiger partial charge in [0, 0.05) is 37.4 Å². The predicted octanol–water partition coefficient (Wildman–Crippen LogP) is 2.70. The van der Waals surface area contributed by atoms with E-state index in [-0.39, 0.29) is 18.2 Å². The molecular formula is C21H23N3O4S. The van der Waals surface area contributed by atoms with Crippen LogP contribution in [0.3, 0.4) is 0 Å². The summed E-state index contributed by atoms with van der Waals surface area (Å²) in [6.07, 6.45) is 4.84. The zero-order valence-electron chi connectivity index (χ0n) is 16.0. The molecule has 1 aromatic heterocycles. The van der Waals surface area contributed by atoms with E-state index in [9.17, 15) is 9.59 Å². The van der Waals surface area contributed by atoms with Crippen molar-refractivity contribution in [3.8, 4) is 0 Å². The van der Waals surface area contributed by atoms with Crippen molar-refractivity contribution in [2.24, 2.45) is 0 Å². The third kappa shape index (κ3) is 5.09. The Morgan fingerprint density at radius 3 is 2.62 bits per heavy atom. The molecule has 2 saturated heterocycles. The van der Waals surface area contributed by atoms with Crippen LogP contribution < -0.4 is 5.32 Å². The highest BCUT2D eigenvalue weighted by atomic mass is 32.1. The number of hydrogen-bond donors (Lipinski definition) is 1. The van der Waals surface area contributed by atoms with E-state index in [1.54, 1.807) is 6.08 Å². The molecule has 0 unspecified atom stereocenters. The maximum atomic E-state index is 12.6. The molecule has 4 rings (SSSR count). The molecule has 1 spiro atoms. The first-order chi connectivity index (χ1) is 14.1. The van der Waals surface area contributed by atoms with Gasteiger partial charge in [0.2, 0.25) is 11.8 Å². The van der Waals surface area contributed by atoms with Gasteiger partial charge in [0.1, 0.15) is 0 Å². The molecule has 2 aromatic rings. The van der Waals surface area contributed by atoms with Crippen LogP contribution in [-0.4, -0.2) is 53.8 Å². The highest BCUT2D eigenvalue weighted by molar-refractivity contribution is 7.14. The van der Waals surface area contributed by atoms with Crippen molar-refractivity contribution in [3.63, 3.8) is 0 Å². The van der Waals surface area contributed by atoms with Gasteiger partial charge >= 0.3 is 0 Å². The van der Waals surface area contributed by atoms with Crippen LogP contribution in [0.15, 0.2) is 41.8 Å². The maximum absolute atomic E-state index is 12.6. The highest BCUT2D eigenvalue weighted by Gasteiger charge is 2.40. The Morgan fingerprint density at radius 1 is 1.17 bits per heavy atom. The Labute approximate surface area is 173 Å². The average Bonchev–Trinajstić information content (AvgIpc) is 3.37. The average molecular weight is 413 g/mol. The lowest BCUT2D eigenvalue weighted by Crippen LogP contribution is -2.47. The summed E-state index contributed by atoms with van der Waals surface area (Å²) in [6.45, 7) is 2.50. The van der Waals surface area contributed by atoms with Gasteiger partial charge in [0.15, 0.2) is 10.9 Å². The molecule has 2 aliphatic heterocycles. The number of ether oxygens (including phenoxy) is 2. The first-order valence-electron chi connectivity index (χ1n) is 9.66. The number of nitrogens with zero attached hydrogens (tertiary/aromatic N) is 2. The minimum atomic E-state index is -0.484. The Kier molecular flexibility index (Phi) is 6.03. The SMILES string of the molecule is O=C(C=Cc1ccccc1)Nc1nc(CC(=O)N2CCC3(CC2)OCCO3)cs1. The molecule has 2 aliphatic rings. The van der Waals surface area contributed by atoms with Gasteiger partial charge in [-0.1, -0.05) is 30.3 Å². The first kappa shape index (κ1) is 19.8. The zero-order valence-corrected chi connectivity index (χ0v) is 16.8. The smallest absolute Gasteiger partial charge is 0.250 e. The molecular weight excluding hydrogens is 390 g/mol. The molecule has 152 valence electrons. The van der Waals surface area contributed by atoms with Crippen LogP contribution in [0, 0.1) is 0 Å². The topological polar surface area (TPSA) is 80.8 Å². The summed E-state index contributed by atoms with van der Waals surface area (Å²) < 4.78 is 11.4. The molecule has 7 nitrogen and oxygen atoms in total. The van der Waals surface area contributed by atoms with Gasteiger partial charge in [-0.25, -0.2) is 4.98 Å². The number of piperidine rings is 1. The number of aromatic nitrogens is 1. The summed E-state index contributed by atoms with van der Waals surface area (Å²) in [5, 5.41) is 5.04. The molecule has 2 amide bonds. The molecule has 29 heavy (non-hydrogen) atoms. The fourth-order valence-electron chi connectivity index (χ4n) is 3.48. The van der Waals surface area contributed by atoms with Crippen LogP contribution in [-0.2, 0) is 25.5 Å². The molecule has 8 heteroatoms. The number of thiazole rings is 1. The van der Waals surface area contributed by atoms with E-state index in [2.05, 4.69) is 10.3 Å². The Hall–Kier alpha value is -2.55. The van der Waals surface area contributed by atoms with Crippen LogP contribution >= 0.6 is 11.3 Å². The van der Waals surface area contributed by atoms with Gasteiger partial charge in [-0.3, -0.25) is 14.9 Å². The molecule has 0 bridgehead atoms. The van der Waals surface area contributed by atoms with Gasteiger partial charge in [-0.15, -0.1) is 11.3 Å². The summed E-state index contributed by atoms with van der Waals surface area (Å²) in [5.74, 6) is -0.703. The van der Waals surface area contributed by atoms with E-state index in [0.29, 0.717) is 50.0 Å². The largest absolute Gasteiger partial charge is 0.347 e. The number of hydrogen-bond acceptors (Lipinski definition) is 6. The molecule has 0 aliphatic carbocycles. The van der Waals surface area contributed by atoms with Crippen molar-refractivity contribution in [2.45, 2.75) is 25.0 Å². The van der Waals surface area contributed by atoms with Crippen molar-refractivity contribution in [2.75, 3.05) is 31.6 Å². The van der Waals surface area contributed by atoms with Crippen molar-refractivity contribution >= 4 is 34.4 Å². The number of benzene rings is 1. The molecule has 2 fully saturated rings. The van der Waals surface area contributed by atoms with Crippen molar-refractivity contribution < 1.29 is 19.1 Å². The van der Waals surface area contributed by atoms with E-state index in [4.69, 9.17) is 9.47 Å². The lowest BCUT2D eigenvalue weighted by atomic mass is 10.0. The summed E-state index contributed by atoms with van der Waals surface area (Å²) in [7, 11) is 0. The molecule has 1 aromatic carbocycles. The number of carbonyl (C=O) groups is 2. The first-order valence-corrected chi connectivity index (χ1v) is 10.5. The van der Waals surface area contributed by atoms with E-state index in [1.807, 2.05) is 40.6 Å². The number of rotatable bonds is 5. The van der Waals surface area contributed by atoms with Gasteiger partial charge < -0.3 is 14.4 Å². The predicted molar refractivity (Wildman–Crippen MR) is 110 cm³/mol. The quantitative estimate of drug-likeness (QED) is 0.763. The van der Waals surface area contributed by atoms with E-state index >= 15 is 0 Å².